The number of carbonyl (C=O) groups is 1. The maximum atomic E-state index is 12.8. The molecule has 0 fully saturated rings. The maximum absolute atomic E-state index is 12.8. The molecule has 1 N–H and O–H groups in total. The van der Waals surface area contributed by atoms with E-state index < -0.39 is 18.0 Å². The monoisotopic (exact) mass is 312 g/mol. The molecular weight excluding hydrogens is 295 g/mol. The second kappa shape index (κ2) is 7.95. The molecule has 5 heteroatoms. The zero-order valence-electron chi connectivity index (χ0n) is 12.9. The fourth-order valence-corrected chi connectivity index (χ4v) is 1.71. The highest BCUT2D eigenvalue weighted by Gasteiger charge is 2.16. The summed E-state index contributed by atoms with van der Waals surface area (Å²) < 4.78 is 18.1. The van der Waals surface area contributed by atoms with Crippen LogP contribution in [0, 0.1) is 23.6 Å². The van der Waals surface area contributed by atoms with Crippen LogP contribution in [0.5, 0.6) is 0 Å². The van der Waals surface area contributed by atoms with Gasteiger partial charge in [0, 0.05) is 11.5 Å². The Bertz CT molecular complexity index is 703. The summed E-state index contributed by atoms with van der Waals surface area (Å²) >= 11 is 0. The van der Waals surface area contributed by atoms with Crippen molar-refractivity contribution in [3.05, 3.63) is 60.0 Å². The first-order chi connectivity index (χ1) is 11.0. The molecule has 0 aliphatic carbocycles. The van der Waals surface area contributed by atoms with E-state index in [1.54, 1.807) is 0 Å². The third kappa shape index (κ3) is 5.44. The Balaban J connectivity index is 2.00. The first-order valence-electron chi connectivity index (χ1n) is 7.20. The molecule has 0 aliphatic rings. The van der Waals surface area contributed by atoms with Gasteiger partial charge < -0.3 is 4.74 Å². The number of benzene rings is 1. The molecule has 2 rings (SSSR count). The van der Waals surface area contributed by atoms with Crippen LogP contribution in [0.1, 0.15) is 19.4 Å². The van der Waals surface area contributed by atoms with Gasteiger partial charge in [0.2, 0.25) is 0 Å². The third-order valence-corrected chi connectivity index (χ3v) is 2.93. The first-order valence-corrected chi connectivity index (χ1v) is 7.20. The average Bonchev–Trinajstić information content (AvgIpc) is 2.54. The Morgan fingerprint density at radius 2 is 1.96 bits per heavy atom. The Morgan fingerprint density at radius 3 is 2.57 bits per heavy atom. The van der Waals surface area contributed by atoms with Crippen molar-refractivity contribution in [2.75, 3.05) is 5.32 Å². The van der Waals surface area contributed by atoms with Crippen LogP contribution in [0.2, 0.25) is 0 Å². The van der Waals surface area contributed by atoms with Crippen molar-refractivity contribution in [2.45, 2.75) is 20.0 Å². The van der Waals surface area contributed by atoms with E-state index in [2.05, 4.69) is 22.1 Å². The van der Waals surface area contributed by atoms with Crippen molar-refractivity contribution >= 4 is 11.9 Å². The van der Waals surface area contributed by atoms with Crippen LogP contribution in [-0.4, -0.2) is 17.2 Å². The molecule has 0 saturated carbocycles. The molecule has 1 unspecified atom stereocenters. The van der Waals surface area contributed by atoms with E-state index in [1.165, 1.54) is 12.1 Å². The van der Waals surface area contributed by atoms with Crippen LogP contribution in [0.25, 0.3) is 0 Å². The minimum atomic E-state index is -0.676. The SMILES string of the molecule is CC(C)C(C#Cc1ccccc1)OC(=O)Nc1ccc(F)cn1. The average molecular weight is 312 g/mol. The lowest BCUT2D eigenvalue weighted by Gasteiger charge is -2.16. The molecule has 0 bridgehead atoms. The minimum Gasteiger partial charge on any atom is -0.432 e. The van der Waals surface area contributed by atoms with Crippen molar-refractivity contribution in [1.29, 1.82) is 0 Å². The molecule has 1 aromatic heterocycles. The zero-order chi connectivity index (χ0) is 16.7. The maximum Gasteiger partial charge on any atom is 0.414 e. The summed E-state index contributed by atoms with van der Waals surface area (Å²) in [5, 5.41) is 2.45. The van der Waals surface area contributed by atoms with E-state index in [0.717, 1.165) is 11.8 Å². The van der Waals surface area contributed by atoms with Crippen LogP contribution < -0.4 is 5.32 Å². The molecule has 118 valence electrons. The lowest BCUT2D eigenvalue weighted by molar-refractivity contribution is 0.115. The number of rotatable bonds is 3. The quantitative estimate of drug-likeness (QED) is 0.876. The second-order valence-electron chi connectivity index (χ2n) is 5.19. The number of hydrogen-bond donors (Lipinski definition) is 1. The fraction of sp³-hybridized carbons (Fsp3) is 0.222. The van der Waals surface area contributed by atoms with Gasteiger partial charge in [0.1, 0.15) is 11.6 Å². The summed E-state index contributed by atoms with van der Waals surface area (Å²) in [5.74, 6) is 5.70. The Morgan fingerprint density at radius 1 is 1.22 bits per heavy atom. The molecule has 0 spiro atoms. The Labute approximate surface area is 134 Å². The largest absolute Gasteiger partial charge is 0.432 e. The lowest BCUT2D eigenvalue weighted by atomic mass is 10.1. The zero-order valence-corrected chi connectivity index (χ0v) is 12.9. The van der Waals surface area contributed by atoms with E-state index in [9.17, 15) is 9.18 Å². The fourth-order valence-electron chi connectivity index (χ4n) is 1.71. The Kier molecular flexibility index (Phi) is 5.70. The van der Waals surface area contributed by atoms with Crippen LogP contribution in [0.15, 0.2) is 48.7 Å². The standard InChI is InChI=1S/C18H17FN2O2/c1-13(2)16(10-8-14-6-4-3-5-7-14)23-18(22)21-17-11-9-15(19)12-20-17/h3-7,9,11-13,16H,1-2H3,(H,20,21,22). The molecule has 0 radical (unpaired) electrons. The molecule has 1 atom stereocenters. The van der Waals surface area contributed by atoms with Crippen molar-refractivity contribution in [3.63, 3.8) is 0 Å². The molecule has 0 aliphatic heterocycles. The van der Waals surface area contributed by atoms with Gasteiger partial charge in [0.15, 0.2) is 6.10 Å². The van der Waals surface area contributed by atoms with Crippen molar-refractivity contribution < 1.29 is 13.9 Å². The molecule has 1 amide bonds. The van der Waals surface area contributed by atoms with E-state index in [-0.39, 0.29) is 11.7 Å². The summed E-state index contributed by atoms with van der Waals surface area (Å²) in [5.41, 5.74) is 0.849. The summed E-state index contributed by atoms with van der Waals surface area (Å²) in [6, 6.07) is 12.0. The van der Waals surface area contributed by atoms with E-state index >= 15 is 0 Å². The lowest BCUT2D eigenvalue weighted by Crippen LogP contribution is -2.25. The summed E-state index contributed by atoms with van der Waals surface area (Å²) in [7, 11) is 0. The topological polar surface area (TPSA) is 51.2 Å². The first kappa shape index (κ1) is 16.5. The predicted octanol–water partition coefficient (Wildman–Crippen LogP) is 3.85. The summed E-state index contributed by atoms with van der Waals surface area (Å²) in [6.45, 7) is 3.82. The molecule has 1 heterocycles. The van der Waals surface area contributed by atoms with Crippen molar-refractivity contribution in [2.24, 2.45) is 5.92 Å². The molecule has 0 saturated heterocycles. The Hall–Kier alpha value is -2.87. The van der Waals surface area contributed by atoms with Crippen LogP contribution in [-0.2, 0) is 4.74 Å². The van der Waals surface area contributed by atoms with Crippen molar-refractivity contribution in [3.8, 4) is 11.8 Å². The number of nitrogens with one attached hydrogen (secondary N) is 1. The van der Waals surface area contributed by atoms with Crippen molar-refractivity contribution in [1.82, 2.24) is 4.98 Å². The van der Waals surface area contributed by atoms with Gasteiger partial charge in [-0.05, 0) is 24.3 Å². The molecule has 1 aromatic carbocycles. The van der Waals surface area contributed by atoms with Gasteiger partial charge in [-0.2, -0.15) is 0 Å². The molecular formula is C18H17FN2O2. The second-order valence-corrected chi connectivity index (χ2v) is 5.19. The normalized spacial score (nSPS) is 11.3. The van der Waals surface area contributed by atoms with Crippen LogP contribution in [0.3, 0.4) is 0 Å². The number of hydrogen-bond acceptors (Lipinski definition) is 3. The summed E-state index contributed by atoms with van der Waals surface area (Å²) in [4.78, 5) is 15.6. The van der Waals surface area contributed by atoms with Crippen LogP contribution >= 0.6 is 0 Å². The van der Waals surface area contributed by atoms with Gasteiger partial charge >= 0.3 is 6.09 Å². The number of carbonyl (C=O) groups excluding carboxylic acids is 1. The van der Waals surface area contributed by atoms with E-state index in [4.69, 9.17) is 4.74 Å². The third-order valence-electron chi connectivity index (χ3n) is 2.93. The highest BCUT2D eigenvalue weighted by atomic mass is 19.1. The number of aromatic nitrogens is 1. The number of anilines is 1. The molecule has 23 heavy (non-hydrogen) atoms. The number of pyridine rings is 1. The summed E-state index contributed by atoms with van der Waals surface area (Å²) in [6.07, 6.45) is -0.217. The van der Waals surface area contributed by atoms with Gasteiger partial charge in [-0.25, -0.2) is 14.2 Å². The highest BCUT2D eigenvalue weighted by Crippen LogP contribution is 2.09. The van der Waals surface area contributed by atoms with Gasteiger partial charge in [-0.1, -0.05) is 43.9 Å². The van der Waals surface area contributed by atoms with Gasteiger partial charge in [0.05, 0.1) is 6.20 Å². The van der Waals surface area contributed by atoms with E-state index in [1.807, 2.05) is 44.2 Å². The highest BCUT2D eigenvalue weighted by molar-refractivity contribution is 5.83. The number of ether oxygens (including phenoxy) is 1. The molecule has 4 nitrogen and oxygen atoms in total. The minimum absolute atomic E-state index is 0.0261. The number of nitrogens with zero attached hydrogens (tertiary/aromatic N) is 1. The number of halogens is 1. The smallest absolute Gasteiger partial charge is 0.414 e. The van der Waals surface area contributed by atoms with Gasteiger partial charge in [0.25, 0.3) is 0 Å². The van der Waals surface area contributed by atoms with Crippen LogP contribution in [0.4, 0.5) is 15.0 Å². The number of amides is 1. The predicted molar refractivity (Wildman–Crippen MR) is 86.2 cm³/mol. The van der Waals surface area contributed by atoms with Gasteiger partial charge in [-0.3, -0.25) is 5.32 Å². The molecule has 2 aromatic rings. The van der Waals surface area contributed by atoms with E-state index in [0.29, 0.717) is 0 Å². The van der Waals surface area contributed by atoms with Gasteiger partial charge in [-0.15, -0.1) is 0 Å².